The number of nitrogens with one attached hydrogen (secondary N) is 3. The van der Waals surface area contributed by atoms with E-state index in [9.17, 15) is 9.59 Å². The van der Waals surface area contributed by atoms with E-state index in [0.717, 1.165) is 24.9 Å². The number of thiazole rings is 1. The zero-order valence-electron chi connectivity index (χ0n) is 11.6. The summed E-state index contributed by atoms with van der Waals surface area (Å²) in [5, 5.41) is 8.32. The zero-order valence-corrected chi connectivity index (χ0v) is 13.2. The molecule has 2 amide bonds. The predicted octanol–water partition coefficient (Wildman–Crippen LogP) is 1.35. The van der Waals surface area contributed by atoms with Gasteiger partial charge in [-0.3, -0.25) is 9.59 Å². The average Bonchev–Trinajstić information content (AvgIpc) is 3.20. The molecule has 0 bridgehead atoms. The maximum Gasteiger partial charge on any atom is 0.265 e. The number of hydrogen-bond acceptors (Lipinski definition) is 5. The number of aromatic nitrogens is 2. The Balaban J connectivity index is 0.00000176. The maximum atomic E-state index is 12.0. The summed E-state index contributed by atoms with van der Waals surface area (Å²) in [6, 6.07) is 1.51. The molecule has 0 saturated carbocycles. The molecule has 1 aliphatic rings. The molecule has 0 aliphatic carbocycles. The standard InChI is InChI=1S/C13H15N5O2S.ClH/c14-11(19)9-4-7(5-16-9)10-6-21-13(17-10)18-12(20)8-2-1-3-15-8;/h4-6,8,15-16H,1-3H2,(H2,14,19)(H,17,18,20);1H. The first kappa shape index (κ1) is 16.5. The van der Waals surface area contributed by atoms with E-state index < -0.39 is 5.91 Å². The molecule has 3 heterocycles. The van der Waals surface area contributed by atoms with Gasteiger partial charge in [-0.05, 0) is 25.5 Å². The van der Waals surface area contributed by atoms with Gasteiger partial charge < -0.3 is 21.4 Å². The van der Waals surface area contributed by atoms with Crippen molar-refractivity contribution < 1.29 is 9.59 Å². The molecule has 0 spiro atoms. The van der Waals surface area contributed by atoms with Gasteiger partial charge in [0.05, 0.1) is 11.7 Å². The van der Waals surface area contributed by atoms with Gasteiger partial charge in [-0.2, -0.15) is 0 Å². The fourth-order valence-corrected chi connectivity index (χ4v) is 2.97. The van der Waals surface area contributed by atoms with Crippen LogP contribution in [0.2, 0.25) is 0 Å². The van der Waals surface area contributed by atoms with Crippen LogP contribution in [0.25, 0.3) is 11.3 Å². The Morgan fingerprint density at radius 3 is 2.91 bits per heavy atom. The van der Waals surface area contributed by atoms with Crippen LogP contribution in [0.4, 0.5) is 5.13 Å². The van der Waals surface area contributed by atoms with Crippen molar-refractivity contribution >= 4 is 40.7 Å². The quantitative estimate of drug-likeness (QED) is 0.672. The molecule has 7 nitrogen and oxygen atoms in total. The lowest BCUT2D eigenvalue weighted by Crippen LogP contribution is -2.35. The number of nitrogens with zero attached hydrogens (tertiary/aromatic N) is 1. The lowest BCUT2D eigenvalue weighted by atomic mass is 10.2. The van der Waals surface area contributed by atoms with Crippen molar-refractivity contribution in [3.8, 4) is 11.3 Å². The first-order valence-corrected chi connectivity index (χ1v) is 7.50. The third-order valence-electron chi connectivity index (χ3n) is 3.36. The van der Waals surface area contributed by atoms with Gasteiger partial charge >= 0.3 is 0 Å². The van der Waals surface area contributed by atoms with E-state index in [4.69, 9.17) is 5.73 Å². The summed E-state index contributed by atoms with van der Waals surface area (Å²) in [7, 11) is 0. The van der Waals surface area contributed by atoms with Gasteiger partial charge in [0.25, 0.3) is 5.91 Å². The van der Waals surface area contributed by atoms with Crippen LogP contribution in [0.15, 0.2) is 17.6 Å². The van der Waals surface area contributed by atoms with Crippen molar-refractivity contribution in [2.45, 2.75) is 18.9 Å². The van der Waals surface area contributed by atoms with Crippen LogP contribution < -0.4 is 16.4 Å². The number of carbonyl (C=O) groups is 2. The molecule has 1 aliphatic heterocycles. The first-order valence-electron chi connectivity index (χ1n) is 6.62. The first-order chi connectivity index (χ1) is 10.1. The van der Waals surface area contributed by atoms with Gasteiger partial charge in [-0.25, -0.2) is 4.98 Å². The Morgan fingerprint density at radius 2 is 2.27 bits per heavy atom. The van der Waals surface area contributed by atoms with Gasteiger partial charge in [0, 0.05) is 17.1 Å². The summed E-state index contributed by atoms with van der Waals surface area (Å²) < 4.78 is 0. The highest BCUT2D eigenvalue weighted by atomic mass is 35.5. The molecule has 0 aromatic carbocycles. The van der Waals surface area contributed by atoms with E-state index in [0.29, 0.717) is 16.5 Å². The van der Waals surface area contributed by atoms with E-state index in [1.54, 1.807) is 12.3 Å². The Morgan fingerprint density at radius 1 is 1.45 bits per heavy atom. The Labute approximate surface area is 137 Å². The molecule has 22 heavy (non-hydrogen) atoms. The summed E-state index contributed by atoms with van der Waals surface area (Å²) in [6.45, 7) is 0.875. The third kappa shape index (κ3) is 3.46. The summed E-state index contributed by atoms with van der Waals surface area (Å²) in [6.07, 6.45) is 3.53. The molecule has 1 saturated heterocycles. The second-order valence-electron chi connectivity index (χ2n) is 4.84. The second kappa shape index (κ2) is 6.91. The lowest BCUT2D eigenvalue weighted by molar-refractivity contribution is -0.117. The van der Waals surface area contributed by atoms with Crippen LogP contribution in [-0.2, 0) is 4.79 Å². The molecule has 1 unspecified atom stereocenters. The number of aromatic amines is 1. The van der Waals surface area contributed by atoms with Crippen LogP contribution >= 0.6 is 23.7 Å². The minimum absolute atomic E-state index is 0. The summed E-state index contributed by atoms with van der Waals surface area (Å²) >= 11 is 1.35. The van der Waals surface area contributed by atoms with Crippen molar-refractivity contribution in [2.24, 2.45) is 5.73 Å². The number of anilines is 1. The van der Waals surface area contributed by atoms with Crippen molar-refractivity contribution in [3.63, 3.8) is 0 Å². The van der Waals surface area contributed by atoms with Crippen LogP contribution in [0.1, 0.15) is 23.3 Å². The van der Waals surface area contributed by atoms with Crippen LogP contribution in [0.5, 0.6) is 0 Å². The third-order valence-corrected chi connectivity index (χ3v) is 4.11. The Hall–Kier alpha value is -1.90. The fraction of sp³-hybridized carbons (Fsp3) is 0.308. The molecule has 0 radical (unpaired) electrons. The molecule has 2 aromatic rings. The number of primary amides is 1. The Bertz CT molecular complexity index is 678. The van der Waals surface area contributed by atoms with Crippen LogP contribution in [0.3, 0.4) is 0 Å². The summed E-state index contributed by atoms with van der Waals surface area (Å²) in [4.78, 5) is 30.2. The Kier molecular flexibility index (Phi) is 5.17. The summed E-state index contributed by atoms with van der Waals surface area (Å²) in [5.41, 5.74) is 6.98. The van der Waals surface area contributed by atoms with Crippen LogP contribution in [-0.4, -0.2) is 34.4 Å². The minimum atomic E-state index is -0.516. The number of carbonyl (C=O) groups excluding carboxylic acids is 2. The van der Waals surface area contributed by atoms with E-state index in [1.807, 2.05) is 5.38 Å². The molecule has 1 atom stereocenters. The largest absolute Gasteiger partial charge is 0.364 e. The highest BCUT2D eigenvalue weighted by Crippen LogP contribution is 2.25. The van der Waals surface area contributed by atoms with Gasteiger partial charge in [0.15, 0.2) is 5.13 Å². The normalized spacial score (nSPS) is 17.0. The molecule has 9 heteroatoms. The molecule has 3 rings (SSSR count). The van der Waals surface area contributed by atoms with Crippen molar-refractivity contribution in [3.05, 3.63) is 23.3 Å². The number of hydrogen-bond donors (Lipinski definition) is 4. The second-order valence-corrected chi connectivity index (χ2v) is 5.70. The van der Waals surface area contributed by atoms with E-state index in [-0.39, 0.29) is 24.4 Å². The average molecular weight is 342 g/mol. The molecule has 1 fully saturated rings. The van der Waals surface area contributed by atoms with Crippen molar-refractivity contribution in [1.82, 2.24) is 15.3 Å². The zero-order chi connectivity index (χ0) is 14.8. The number of halogens is 1. The number of H-pyrrole nitrogens is 1. The van der Waals surface area contributed by atoms with Crippen LogP contribution in [0, 0.1) is 0 Å². The predicted molar refractivity (Wildman–Crippen MR) is 87.3 cm³/mol. The number of nitrogens with two attached hydrogens (primary N) is 1. The van der Waals surface area contributed by atoms with Crippen molar-refractivity contribution in [2.75, 3.05) is 11.9 Å². The smallest absolute Gasteiger partial charge is 0.265 e. The van der Waals surface area contributed by atoms with E-state index in [2.05, 4.69) is 20.6 Å². The van der Waals surface area contributed by atoms with Gasteiger partial charge in [-0.1, -0.05) is 0 Å². The van der Waals surface area contributed by atoms with E-state index >= 15 is 0 Å². The maximum absolute atomic E-state index is 12.0. The van der Waals surface area contributed by atoms with Gasteiger partial charge in [0.1, 0.15) is 5.69 Å². The van der Waals surface area contributed by atoms with Crippen molar-refractivity contribution in [1.29, 1.82) is 0 Å². The molecule has 2 aromatic heterocycles. The molecule has 5 N–H and O–H groups in total. The number of amides is 2. The monoisotopic (exact) mass is 341 g/mol. The van der Waals surface area contributed by atoms with Gasteiger partial charge in [0.2, 0.25) is 5.91 Å². The number of rotatable bonds is 4. The van der Waals surface area contributed by atoms with Gasteiger partial charge in [-0.15, -0.1) is 23.7 Å². The molecular formula is C13H16ClN5O2S. The topological polar surface area (TPSA) is 113 Å². The SMILES string of the molecule is Cl.NC(=O)c1cc(-c2csc(NC(=O)C3CCCN3)n2)c[nH]1. The highest BCUT2D eigenvalue weighted by molar-refractivity contribution is 7.14. The lowest BCUT2D eigenvalue weighted by Gasteiger charge is -2.08. The highest BCUT2D eigenvalue weighted by Gasteiger charge is 2.22. The summed E-state index contributed by atoms with van der Waals surface area (Å²) in [5.74, 6) is -0.572. The van der Waals surface area contributed by atoms with E-state index in [1.165, 1.54) is 11.3 Å². The molecule has 118 valence electrons. The molecular weight excluding hydrogens is 326 g/mol. The minimum Gasteiger partial charge on any atom is -0.364 e. The fourth-order valence-electron chi connectivity index (χ4n) is 2.25.